The van der Waals surface area contributed by atoms with Crippen LogP contribution in [0, 0.1) is 12.8 Å². The van der Waals surface area contributed by atoms with Crippen LogP contribution in [-0.2, 0) is 0 Å². The van der Waals surface area contributed by atoms with Gasteiger partial charge in [0.05, 0.1) is 11.3 Å². The Bertz CT molecular complexity index is 562. The Labute approximate surface area is 144 Å². The van der Waals surface area contributed by atoms with Gasteiger partial charge in [-0.25, -0.2) is 9.97 Å². The van der Waals surface area contributed by atoms with Gasteiger partial charge in [-0.05, 0) is 39.7 Å². The summed E-state index contributed by atoms with van der Waals surface area (Å²) in [6.07, 6.45) is 5.32. The smallest absolute Gasteiger partial charge is 0.257 e. The van der Waals surface area contributed by atoms with Crippen LogP contribution in [-0.4, -0.2) is 82.9 Å². The monoisotopic (exact) mass is 331 g/mol. The van der Waals surface area contributed by atoms with Gasteiger partial charge in [-0.15, -0.1) is 0 Å². The third-order valence-electron chi connectivity index (χ3n) is 5.76. The van der Waals surface area contributed by atoms with Crippen LogP contribution in [0.1, 0.15) is 35.8 Å². The van der Waals surface area contributed by atoms with E-state index in [1.165, 1.54) is 6.33 Å². The molecule has 3 rings (SSSR count). The Kier molecular flexibility index (Phi) is 5.46. The molecule has 2 fully saturated rings. The summed E-state index contributed by atoms with van der Waals surface area (Å²) in [5.74, 6) is 0.768. The molecule has 0 radical (unpaired) electrons. The minimum Gasteiger partial charge on any atom is -0.339 e. The molecule has 2 aliphatic heterocycles. The maximum Gasteiger partial charge on any atom is 0.257 e. The van der Waals surface area contributed by atoms with E-state index in [1.54, 1.807) is 6.20 Å². The second-order valence-corrected chi connectivity index (χ2v) is 7.23. The topological polar surface area (TPSA) is 52.6 Å². The largest absolute Gasteiger partial charge is 0.339 e. The first-order valence-electron chi connectivity index (χ1n) is 9.04. The predicted molar refractivity (Wildman–Crippen MR) is 93.9 cm³/mol. The summed E-state index contributed by atoms with van der Waals surface area (Å²) < 4.78 is 0. The fourth-order valence-electron chi connectivity index (χ4n) is 3.88. The van der Waals surface area contributed by atoms with Crippen molar-refractivity contribution in [2.45, 2.75) is 32.7 Å². The standard InChI is InChI=1S/C18H29N5O/c1-14-17(12-19-13-20-14)18(24)23-6-4-16(5-7-23)15(2)22-10-8-21(3)9-11-22/h12-13,15-16H,4-11H2,1-3H3. The summed E-state index contributed by atoms with van der Waals surface area (Å²) in [6, 6.07) is 0.609. The molecule has 0 aliphatic carbocycles. The highest BCUT2D eigenvalue weighted by Crippen LogP contribution is 2.25. The molecular formula is C18H29N5O. The summed E-state index contributed by atoms with van der Waals surface area (Å²) in [5, 5.41) is 0. The molecule has 1 amide bonds. The fourth-order valence-corrected chi connectivity index (χ4v) is 3.88. The number of nitrogens with zero attached hydrogens (tertiary/aromatic N) is 5. The first kappa shape index (κ1) is 17.3. The van der Waals surface area contributed by atoms with E-state index < -0.39 is 0 Å². The number of aromatic nitrogens is 2. The average molecular weight is 331 g/mol. The molecule has 0 bridgehead atoms. The maximum atomic E-state index is 12.7. The van der Waals surface area contributed by atoms with Crippen molar-refractivity contribution in [2.24, 2.45) is 5.92 Å². The van der Waals surface area contributed by atoms with Crippen LogP contribution in [0.4, 0.5) is 0 Å². The highest BCUT2D eigenvalue weighted by atomic mass is 16.2. The molecule has 132 valence electrons. The molecule has 0 saturated carbocycles. The Balaban J connectivity index is 1.54. The fraction of sp³-hybridized carbons (Fsp3) is 0.722. The molecule has 1 atom stereocenters. The lowest BCUT2D eigenvalue weighted by Crippen LogP contribution is -2.52. The molecule has 1 aromatic heterocycles. The average Bonchev–Trinajstić information content (AvgIpc) is 2.62. The highest BCUT2D eigenvalue weighted by Gasteiger charge is 2.31. The Morgan fingerprint density at radius 2 is 1.83 bits per heavy atom. The second kappa shape index (κ2) is 7.57. The number of carbonyl (C=O) groups is 1. The lowest BCUT2D eigenvalue weighted by Gasteiger charge is -2.42. The zero-order valence-electron chi connectivity index (χ0n) is 15.1. The van der Waals surface area contributed by atoms with Gasteiger partial charge in [0.2, 0.25) is 0 Å². The van der Waals surface area contributed by atoms with Crippen LogP contribution < -0.4 is 0 Å². The molecule has 2 aliphatic rings. The first-order chi connectivity index (χ1) is 11.6. The Hall–Kier alpha value is -1.53. The lowest BCUT2D eigenvalue weighted by atomic mass is 9.88. The molecule has 1 unspecified atom stereocenters. The number of carbonyl (C=O) groups excluding carboxylic acids is 1. The summed E-state index contributed by atoms with van der Waals surface area (Å²) in [6.45, 7) is 10.6. The van der Waals surface area contributed by atoms with Crippen molar-refractivity contribution in [3.63, 3.8) is 0 Å². The number of rotatable bonds is 3. The van der Waals surface area contributed by atoms with Crippen molar-refractivity contribution in [3.05, 3.63) is 23.8 Å². The van der Waals surface area contributed by atoms with E-state index >= 15 is 0 Å². The zero-order valence-corrected chi connectivity index (χ0v) is 15.1. The molecule has 0 N–H and O–H groups in total. The van der Waals surface area contributed by atoms with Crippen molar-refractivity contribution < 1.29 is 4.79 Å². The number of hydrogen-bond donors (Lipinski definition) is 0. The van der Waals surface area contributed by atoms with Gasteiger partial charge >= 0.3 is 0 Å². The zero-order chi connectivity index (χ0) is 17.1. The van der Waals surface area contributed by atoms with Gasteiger partial charge in [0.1, 0.15) is 6.33 Å². The minimum absolute atomic E-state index is 0.0822. The van der Waals surface area contributed by atoms with Crippen molar-refractivity contribution in [3.8, 4) is 0 Å². The van der Waals surface area contributed by atoms with Crippen LogP contribution in [0.2, 0.25) is 0 Å². The molecule has 2 saturated heterocycles. The van der Waals surface area contributed by atoms with Gasteiger partial charge in [0.15, 0.2) is 0 Å². The highest BCUT2D eigenvalue weighted by molar-refractivity contribution is 5.94. The molecule has 0 spiro atoms. The molecule has 24 heavy (non-hydrogen) atoms. The SMILES string of the molecule is Cc1ncncc1C(=O)N1CCC(C(C)N2CCN(C)CC2)CC1. The minimum atomic E-state index is 0.0822. The van der Waals surface area contributed by atoms with Gasteiger partial charge in [-0.1, -0.05) is 0 Å². The Morgan fingerprint density at radius 1 is 1.17 bits per heavy atom. The lowest BCUT2D eigenvalue weighted by molar-refractivity contribution is 0.0499. The number of aryl methyl sites for hydroxylation is 1. The summed E-state index contributed by atoms with van der Waals surface area (Å²) in [7, 11) is 2.20. The molecule has 0 aromatic carbocycles. The van der Waals surface area contributed by atoms with E-state index in [4.69, 9.17) is 0 Å². The predicted octanol–water partition coefficient (Wildman–Crippen LogP) is 1.27. The van der Waals surface area contributed by atoms with E-state index in [9.17, 15) is 4.79 Å². The normalized spacial score (nSPS) is 22.5. The van der Waals surface area contributed by atoms with Crippen LogP contribution in [0.3, 0.4) is 0 Å². The van der Waals surface area contributed by atoms with Gasteiger partial charge in [-0.3, -0.25) is 9.69 Å². The molecular weight excluding hydrogens is 302 g/mol. The van der Waals surface area contributed by atoms with E-state index in [0.717, 1.165) is 57.8 Å². The molecule has 3 heterocycles. The van der Waals surface area contributed by atoms with Crippen LogP contribution in [0.15, 0.2) is 12.5 Å². The number of amides is 1. The van der Waals surface area contributed by atoms with Crippen molar-refractivity contribution >= 4 is 5.91 Å². The molecule has 1 aromatic rings. The van der Waals surface area contributed by atoms with Gasteiger partial charge in [-0.2, -0.15) is 0 Å². The van der Waals surface area contributed by atoms with Gasteiger partial charge in [0.25, 0.3) is 5.91 Å². The van der Waals surface area contributed by atoms with Crippen LogP contribution in [0.25, 0.3) is 0 Å². The summed E-state index contributed by atoms with van der Waals surface area (Å²) in [4.78, 5) is 27.8. The van der Waals surface area contributed by atoms with Crippen molar-refractivity contribution in [1.82, 2.24) is 24.7 Å². The van der Waals surface area contributed by atoms with Crippen molar-refractivity contribution in [1.29, 1.82) is 0 Å². The van der Waals surface area contributed by atoms with Crippen LogP contribution in [0.5, 0.6) is 0 Å². The summed E-state index contributed by atoms with van der Waals surface area (Å²) >= 11 is 0. The number of likely N-dealkylation sites (tertiary alicyclic amines) is 1. The van der Waals surface area contributed by atoms with Crippen molar-refractivity contribution in [2.75, 3.05) is 46.3 Å². The third-order valence-corrected chi connectivity index (χ3v) is 5.76. The number of likely N-dealkylation sites (N-methyl/N-ethyl adjacent to an activating group) is 1. The van der Waals surface area contributed by atoms with Gasteiger partial charge < -0.3 is 9.80 Å². The first-order valence-corrected chi connectivity index (χ1v) is 9.04. The molecule has 6 nitrogen and oxygen atoms in total. The third kappa shape index (κ3) is 3.75. The second-order valence-electron chi connectivity index (χ2n) is 7.23. The maximum absolute atomic E-state index is 12.7. The number of hydrogen-bond acceptors (Lipinski definition) is 5. The van der Waals surface area contributed by atoms with E-state index in [-0.39, 0.29) is 5.91 Å². The summed E-state index contributed by atoms with van der Waals surface area (Å²) in [5.41, 5.74) is 1.41. The van der Waals surface area contributed by atoms with E-state index in [2.05, 4.69) is 33.7 Å². The van der Waals surface area contributed by atoms with Crippen LogP contribution >= 0.6 is 0 Å². The number of piperazine rings is 1. The van der Waals surface area contributed by atoms with E-state index in [0.29, 0.717) is 17.5 Å². The molecule has 6 heteroatoms. The van der Waals surface area contributed by atoms with Gasteiger partial charge in [0, 0.05) is 51.5 Å². The number of piperidine rings is 1. The Morgan fingerprint density at radius 3 is 2.46 bits per heavy atom. The van der Waals surface area contributed by atoms with E-state index in [1.807, 2.05) is 11.8 Å². The quantitative estimate of drug-likeness (QED) is 0.835.